The van der Waals surface area contributed by atoms with Crippen LogP contribution in [0.15, 0.2) is 71.6 Å². The summed E-state index contributed by atoms with van der Waals surface area (Å²) in [4.78, 5) is 12.9. The highest BCUT2D eigenvalue weighted by molar-refractivity contribution is 7.92. The number of ether oxygens (including phenoxy) is 3. The normalized spacial score (nSPS) is 12.2. The van der Waals surface area contributed by atoms with Crippen molar-refractivity contribution in [1.82, 2.24) is 0 Å². The maximum atomic E-state index is 13.0. The van der Waals surface area contributed by atoms with Crippen LogP contribution in [0.1, 0.15) is 13.8 Å². The van der Waals surface area contributed by atoms with Gasteiger partial charge in [-0.3, -0.25) is 13.8 Å². The lowest BCUT2D eigenvalue weighted by atomic mass is 10.2. The van der Waals surface area contributed by atoms with E-state index in [-0.39, 0.29) is 16.3 Å². The second kappa shape index (κ2) is 12.3. The van der Waals surface area contributed by atoms with Gasteiger partial charge in [0.2, 0.25) is 15.9 Å². The highest BCUT2D eigenvalue weighted by atomic mass is 32.2. The average molecular weight is 578 g/mol. The highest BCUT2D eigenvalue weighted by Crippen LogP contribution is 2.31. The first-order chi connectivity index (χ1) is 18.4. The van der Waals surface area contributed by atoms with Crippen molar-refractivity contribution in [2.75, 3.05) is 41.4 Å². The molecule has 0 aromatic heterocycles. The van der Waals surface area contributed by atoms with Crippen LogP contribution in [0.4, 0.5) is 17.1 Å². The zero-order valence-electron chi connectivity index (χ0n) is 22.2. The van der Waals surface area contributed by atoms with E-state index in [4.69, 9.17) is 14.2 Å². The van der Waals surface area contributed by atoms with Crippen LogP contribution in [0, 0.1) is 0 Å². The van der Waals surface area contributed by atoms with Crippen LogP contribution in [0.3, 0.4) is 0 Å². The lowest BCUT2D eigenvalue weighted by Crippen LogP contribution is -2.45. The second-order valence-electron chi connectivity index (χ2n) is 8.35. The summed E-state index contributed by atoms with van der Waals surface area (Å²) in [5, 5.41) is 2.64. The minimum atomic E-state index is -4.01. The Morgan fingerprint density at radius 1 is 0.897 bits per heavy atom. The Balaban J connectivity index is 1.77. The molecule has 210 valence electrons. The molecule has 0 aliphatic rings. The fourth-order valence-corrected chi connectivity index (χ4v) is 5.96. The maximum absolute atomic E-state index is 13.0. The van der Waals surface area contributed by atoms with Gasteiger partial charge >= 0.3 is 0 Å². The van der Waals surface area contributed by atoms with Gasteiger partial charge in [0.1, 0.15) is 23.3 Å². The van der Waals surface area contributed by atoms with E-state index in [1.807, 2.05) is 6.92 Å². The zero-order valence-corrected chi connectivity index (χ0v) is 23.8. The van der Waals surface area contributed by atoms with Gasteiger partial charge in [0.05, 0.1) is 43.4 Å². The molecule has 0 saturated heterocycles. The van der Waals surface area contributed by atoms with Gasteiger partial charge in [-0.05, 0) is 74.5 Å². The van der Waals surface area contributed by atoms with E-state index in [9.17, 15) is 21.6 Å². The van der Waals surface area contributed by atoms with Gasteiger partial charge in [0.15, 0.2) is 0 Å². The summed E-state index contributed by atoms with van der Waals surface area (Å²) in [6, 6.07) is 15.4. The van der Waals surface area contributed by atoms with Gasteiger partial charge in [0, 0.05) is 11.8 Å². The molecule has 1 amide bonds. The van der Waals surface area contributed by atoms with Crippen LogP contribution in [0.2, 0.25) is 0 Å². The molecule has 3 rings (SSSR count). The number of nitrogens with one attached hydrogen (secondary N) is 2. The predicted octanol–water partition coefficient (Wildman–Crippen LogP) is 3.70. The molecule has 39 heavy (non-hydrogen) atoms. The first-order valence-corrected chi connectivity index (χ1v) is 15.1. The molecule has 11 nitrogen and oxygen atoms in total. The summed E-state index contributed by atoms with van der Waals surface area (Å²) in [6.07, 6.45) is 1.01. The number of carbonyl (C=O) groups is 1. The monoisotopic (exact) mass is 577 g/mol. The quantitative estimate of drug-likeness (QED) is 0.332. The summed E-state index contributed by atoms with van der Waals surface area (Å²) in [5.74, 6) is 0.708. The molecule has 13 heteroatoms. The van der Waals surface area contributed by atoms with Crippen molar-refractivity contribution in [1.29, 1.82) is 0 Å². The Morgan fingerprint density at radius 2 is 1.51 bits per heavy atom. The van der Waals surface area contributed by atoms with Crippen molar-refractivity contribution in [3.05, 3.63) is 66.7 Å². The predicted molar refractivity (Wildman–Crippen MR) is 150 cm³/mol. The number of hydrogen-bond donors (Lipinski definition) is 2. The van der Waals surface area contributed by atoms with E-state index < -0.39 is 32.0 Å². The third kappa shape index (κ3) is 7.33. The molecule has 0 spiro atoms. The van der Waals surface area contributed by atoms with Crippen LogP contribution in [-0.4, -0.2) is 55.9 Å². The molecule has 0 saturated carbocycles. The molecule has 0 fully saturated rings. The van der Waals surface area contributed by atoms with Gasteiger partial charge in [-0.1, -0.05) is 0 Å². The highest BCUT2D eigenvalue weighted by Gasteiger charge is 2.29. The number of amides is 1. The summed E-state index contributed by atoms with van der Waals surface area (Å²) in [6.45, 7) is 3.75. The summed E-state index contributed by atoms with van der Waals surface area (Å²) in [7, 11) is -4.95. The van der Waals surface area contributed by atoms with Crippen LogP contribution in [-0.2, 0) is 24.8 Å². The average Bonchev–Trinajstić information content (AvgIpc) is 2.89. The van der Waals surface area contributed by atoms with Gasteiger partial charge in [-0.2, -0.15) is 0 Å². The first kappa shape index (κ1) is 29.6. The molecular formula is C26H31N3O8S2. The molecular weight excluding hydrogens is 546 g/mol. The number of hydrogen-bond acceptors (Lipinski definition) is 8. The van der Waals surface area contributed by atoms with Crippen molar-refractivity contribution in [2.45, 2.75) is 24.8 Å². The Bertz CT molecular complexity index is 1510. The van der Waals surface area contributed by atoms with Crippen LogP contribution < -0.4 is 28.6 Å². The molecule has 3 aromatic carbocycles. The summed E-state index contributed by atoms with van der Waals surface area (Å²) >= 11 is 0. The number of nitrogens with zero attached hydrogens (tertiary/aromatic N) is 1. The maximum Gasteiger partial charge on any atom is 0.262 e. The second-order valence-corrected chi connectivity index (χ2v) is 11.9. The Hall–Kier alpha value is -3.97. The molecule has 1 atom stereocenters. The molecule has 1 unspecified atom stereocenters. The van der Waals surface area contributed by atoms with Crippen LogP contribution in [0.5, 0.6) is 17.2 Å². The minimum Gasteiger partial charge on any atom is -0.497 e. The smallest absolute Gasteiger partial charge is 0.262 e. The first-order valence-electron chi connectivity index (χ1n) is 11.8. The standard InChI is InChI=1S/C26H31N3O8S2/c1-6-37-21-11-9-20(10-12-21)29(38(5,31)32)18(2)26(30)27-19-7-14-23(15-8-19)39(33,34)28-24-17-22(35-3)13-16-25(24)36-4/h7-18,28H,6H2,1-5H3,(H,27,30). The van der Waals surface area contributed by atoms with Gasteiger partial charge < -0.3 is 19.5 Å². The van der Waals surface area contributed by atoms with Crippen molar-refractivity contribution in [2.24, 2.45) is 0 Å². The third-order valence-corrected chi connectivity index (χ3v) is 8.20. The van der Waals surface area contributed by atoms with E-state index in [1.54, 1.807) is 36.4 Å². The molecule has 0 aliphatic carbocycles. The van der Waals surface area contributed by atoms with Gasteiger partial charge in [0.25, 0.3) is 10.0 Å². The van der Waals surface area contributed by atoms with Crippen molar-refractivity contribution < 1.29 is 35.8 Å². The third-order valence-electron chi connectivity index (χ3n) is 5.57. The number of carbonyl (C=O) groups excluding carboxylic acids is 1. The summed E-state index contributed by atoms with van der Waals surface area (Å²) in [5.41, 5.74) is 0.771. The van der Waals surface area contributed by atoms with E-state index in [1.165, 1.54) is 51.5 Å². The van der Waals surface area contributed by atoms with E-state index in [0.717, 1.165) is 10.6 Å². The lowest BCUT2D eigenvalue weighted by Gasteiger charge is -2.28. The Labute approximate surface area is 228 Å². The molecule has 0 radical (unpaired) electrons. The Kier molecular flexibility index (Phi) is 9.30. The number of benzene rings is 3. The molecule has 0 heterocycles. The van der Waals surface area contributed by atoms with E-state index >= 15 is 0 Å². The lowest BCUT2D eigenvalue weighted by molar-refractivity contribution is -0.116. The molecule has 2 N–H and O–H groups in total. The van der Waals surface area contributed by atoms with Crippen LogP contribution in [0.25, 0.3) is 0 Å². The SMILES string of the molecule is CCOc1ccc(N(C(C)C(=O)Nc2ccc(S(=O)(=O)Nc3cc(OC)ccc3OC)cc2)S(C)(=O)=O)cc1. The van der Waals surface area contributed by atoms with Gasteiger partial charge in [-0.25, -0.2) is 16.8 Å². The topological polar surface area (TPSA) is 140 Å². The Morgan fingerprint density at radius 3 is 2.05 bits per heavy atom. The van der Waals surface area contributed by atoms with Crippen LogP contribution >= 0.6 is 0 Å². The molecule has 0 aliphatic heterocycles. The number of anilines is 3. The fraction of sp³-hybridized carbons (Fsp3) is 0.269. The zero-order chi connectivity index (χ0) is 28.8. The van der Waals surface area contributed by atoms with E-state index in [0.29, 0.717) is 29.5 Å². The van der Waals surface area contributed by atoms with Gasteiger partial charge in [-0.15, -0.1) is 0 Å². The summed E-state index contributed by atoms with van der Waals surface area (Å²) < 4.78 is 70.3. The minimum absolute atomic E-state index is 0.0643. The van der Waals surface area contributed by atoms with Crippen molar-refractivity contribution in [3.8, 4) is 17.2 Å². The number of rotatable bonds is 12. The fourth-order valence-electron chi connectivity index (χ4n) is 3.73. The molecule has 0 bridgehead atoms. The number of sulfonamides is 2. The molecule has 3 aromatic rings. The van der Waals surface area contributed by atoms with E-state index in [2.05, 4.69) is 10.0 Å². The van der Waals surface area contributed by atoms with Crippen molar-refractivity contribution in [3.63, 3.8) is 0 Å². The number of methoxy groups -OCH3 is 2. The van der Waals surface area contributed by atoms with Crippen molar-refractivity contribution >= 4 is 43.0 Å². The largest absolute Gasteiger partial charge is 0.497 e.